The van der Waals surface area contributed by atoms with Crippen LogP contribution in [0, 0.1) is 0 Å². The zero-order valence-corrected chi connectivity index (χ0v) is 18.4. The Kier molecular flexibility index (Phi) is 6.33. The molecule has 2 aliphatic rings. The van der Waals surface area contributed by atoms with Gasteiger partial charge in [0, 0.05) is 17.5 Å². The first kappa shape index (κ1) is 22.5. The summed E-state index contributed by atoms with van der Waals surface area (Å²) in [7, 11) is 0. The van der Waals surface area contributed by atoms with E-state index in [0.717, 1.165) is 36.3 Å². The predicted molar refractivity (Wildman–Crippen MR) is 119 cm³/mol. The SMILES string of the molecule is CC1CCCCN1C(=O)CN1C(=O)C(=Cc2ccc(C(F)(F)F)cc2)Sc2ccccc21. The molecule has 0 aliphatic carbocycles. The summed E-state index contributed by atoms with van der Waals surface area (Å²) in [4.78, 5) is 30.8. The number of para-hydroxylation sites is 1. The number of anilines is 1. The largest absolute Gasteiger partial charge is 0.416 e. The normalized spacial score (nSPS) is 20.4. The Balaban J connectivity index is 1.62. The fourth-order valence-electron chi connectivity index (χ4n) is 4.03. The van der Waals surface area contributed by atoms with Gasteiger partial charge in [-0.3, -0.25) is 14.5 Å². The first-order valence-corrected chi connectivity index (χ1v) is 11.3. The summed E-state index contributed by atoms with van der Waals surface area (Å²) in [6.45, 7) is 2.65. The molecule has 4 nitrogen and oxygen atoms in total. The molecule has 0 spiro atoms. The van der Waals surface area contributed by atoms with Crippen molar-refractivity contribution in [3.8, 4) is 0 Å². The first-order valence-electron chi connectivity index (χ1n) is 10.5. The van der Waals surface area contributed by atoms with Crippen LogP contribution in [-0.4, -0.2) is 35.8 Å². The molecule has 0 bridgehead atoms. The number of hydrogen-bond donors (Lipinski definition) is 0. The molecule has 1 fully saturated rings. The number of fused-ring (bicyclic) bond motifs is 1. The van der Waals surface area contributed by atoms with Crippen molar-refractivity contribution in [2.24, 2.45) is 0 Å². The highest BCUT2D eigenvalue weighted by molar-refractivity contribution is 8.04. The highest BCUT2D eigenvalue weighted by atomic mass is 32.2. The fraction of sp³-hybridized carbons (Fsp3) is 0.333. The summed E-state index contributed by atoms with van der Waals surface area (Å²) in [5, 5.41) is 0. The molecular weight excluding hydrogens is 437 g/mol. The molecule has 2 aromatic carbocycles. The highest BCUT2D eigenvalue weighted by Crippen LogP contribution is 2.42. The Labute approximate surface area is 189 Å². The van der Waals surface area contributed by atoms with Crippen LogP contribution < -0.4 is 4.90 Å². The number of carbonyl (C=O) groups is 2. The van der Waals surface area contributed by atoms with Crippen molar-refractivity contribution in [2.75, 3.05) is 18.0 Å². The summed E-state index contributed by atoms with van der Waals surface area (Å²) in [6, 6.07) is 12.2. The highest BCUT2D eigenvalue weighted by Gasteiger charge is 2.33. The van der Waals surface area contributed by atoms with Crippen molar-refractivity contribution in [3.63, 3.8) is 0 Å². The molecule has 8 heteroatoms. The van der Waals surface area contributed by atoms with E-state index < -0.39 is 11.7 Å². The molecule has 1 saturated heterocycles. The van der Waals surface area contributed by atoms with Crippen molar-refractivity contribution in [2.45, 2.75) is 43.3 Å². The molecule has 168 valence electrons. The number of amides is 2. The molecule has 32 heavy (non-hydrogen) atoms. The molecule has 1 unspecified atom stereocenters. The van der Waals surface area contributed by atoms with Gasteiger partial charge in [-0.05, 0) is 62.1 Å². The van der Waals surface area contributed by atoms with Crippen LogP contribution in [-0.2, 0) is 15.8 Å². The van der Waals surface area contributed by atoms with Crippen LogP contribution in [0.4, 0.5) is 18.9 Å². The lowest BCUT2D eigenvalue weighted by molar-refractivity contribution is -0.137. The van der Waals surface area contributed by atoms with Crippen LogP contribution in [0.2, 0.25) is 0 Å². The van der Waals surface area contributed by atoms with Gasteiger partial charge in [-0.2, -0.15) is 13.2 Å². The van der Waals surface area contributed by atoms with Gasteiger partial charge in [0.2, 0.25) is 5.91 Å². The molecule has 1 atom stereocenters. The number of rotatable bonds is 3. The molecule has 0 N–H and O–H groups in total. The minimum absolute atomic E-state index is 0.0644. The standard InChI is InChI=1S/C24H23F3N2O2S/c1-16-6-4-5-13-28(16)22(30)15-29-19-7-2-3-8-20(19)32-21(23(29)31)14-17-9-11-18(12-10-17)24(25,26)27/h2-3,7-12,14,16H,4-6,13,15H2,1H3. The average Bonchev–Trinajstić information content (AvgIpc) is 2.76. The monoisotopic (exact) mass is 460 g/mol. The van der Waals surface area contributed by atoms with E-state index in [9.17, 15) is 22.8 Å². The van der Waals surface area contributed by atoms with Gasteiger partial charge in [-0.1, -0.05) is 36.0 Å². The third kappa shape index (κ3) is 4.70. The number of likely N-dealkylation sites (tertiary alicyclic amines) is 1. The number of alkyl halides is 3. The summed E-state index contributed by atoms with van der Waals surface area (Å²) >= 11 is 1.26. The minimum atomic E-state index is -4.41. The molecule has 2 aliphatic heterocycles. The van der Waals surface area contributed by atoms with Crippen LogP contribution in [0.15, 0.2) is 58.3 Å². The maximum absolute atomic E-state index is 13.3. The van der Waals surface area contributed by atoms with Crippen LogP contribution in [0.3, 0.4) is 0 Å². The van der Waals surface area contributed by atoms with Crippen molar-refractivity contribution in [3.05, 3.63) is 64.6 Å². The summed E-state index contributed by atoms with van der Waals surface area (Å²) in [5.41, 5.74) is 0.421. The van der Waals surface area contributed by atoms with Gasteiger partial charge in [-0.15, -0.1) is 0 Å². The van der Waals surface area contributed by atoms with Crippen LogP contribution in [0.1, 0.15) is 37.3 Å². The molecule has 4 rings (SSSR count). The van der Waals surface area contributed by atoms with Gasteiger partial charge >= 0.3 is 6.18 Å². The Morgan fingerprint density at radius 2 is 1.84 bits per heavy atom. The second-order valence-electron chi connectivity index (χ2n) is 8.02. The second-order valence-corrected chi connectivity index (χ2v) is 9.11. The van der Waals surface area contributed by atoms with E-state index in [1.165, 1.54) is 28.8 Å². The van der Waals surface area contributed by atoms with Gasteiger partial charge < -0.3 is 4.90 Å². The van der Waals surface area contributed by atoms with Gasteiger partial charge in [0.15, 0.2) is 0 Å². The maximum Gasteiger partial charge on any atom is 0.416 e. The smallest absolute Gasteiger partial charge is 0.338 e. The summed E-state index contributed by atoms with van der Waals surface area (Å²) < 4.78 is 38.5. The van der Waals surface area contributed by atoms with Crippen LogP contribution in [0.5, 0.6) is 0 Å². The van der Waals surface area contributed by atoms with Crippen molar-refractivity contribution < 1.29 is 22.8 Å². The molecule has 0 saturated carbocycles. The van der Waals surface area contributed by atoms with E-state index in [2.05, 4.69) is 0 Å². The van der Waals surface area contributed by atoms with Crippen LogP contribution in [0.25, 0.3) is 6.08 Å². The molecule has 2 amide bonds. The first-order chi connectivity index (χ1) is 15.2. The number of thioether (sulfide) groups is 1. The third-order valence-electron chi connectivity index (χ3n) is 5.78. The van der Waals surface area contributed by atoms with Gasteiger partial charge in [0.05, 0.1) is 16.2 Å². The van der Waals surface area contributed by atoms with Crippen molar-refractivity contribution in [1.29, 1.82) is 0 Å². The topological polar surface area (TPSA) is 40.6 Å². The van der Waals surface area contributed by atoms with Gasteiger partial charge in [0.1, 0.15) is 6.54 Å². The lowest BCUT2D eigenvalue weighted by atomic mass is 10.0. The minimum Gasteiger partial charge on any atom is -0.338 e. The third-order valence-corrected chi connectivity index (χ3v) is 6.86. The van der Waals surface area contributed by atoms with E-state index in [1.54, 1.807) is 6.08 Å². The molecule has 2 heterocycles. The van der Waals surface area contributed by atoms with E-state index in [0.29, 0.717) is 22.7 Å². The average molecular weight is 461 g/mol. The lowest BCUT2D eigenvalue weighted by Crippen LogP contribution is -2.49. The molecule has 0 aromatic heterocycles. The van der Waals surface area contributed by atoms with E-state index >= 15 is 0 Å². The zero-order chi connectivity index (χ0) is 22.9. The number of halogens is 3. The molecule has 0 radical (unpaired) electrons. The number of benzene rings is 2. The Morgan fingerprint density at radius 1 is 1.12 bits per heavy atom. The Hall–Kier alpha value is -2.74. The number of nitrogens with zero attached hydrogens (tertiary/aromatic N) is 2. The van der Waals surface area contributed by atoms with Crippen molar-refractivity contribution >= 4 is 35.3 Å². The number of carbonyl (C=O) groups excluding carboxylic acids is 2. The summed E-state index contributed by atoms with van der Waals surface area (Å²) in [6.07, 6.45) is 0.153. The molecular formula is C24H23F3N2O2S. The van der Waals surface area contributed by atoms with E-state index in [1.807, 2.05) is 36.1 Å². The molecule has 2 aromatic rings. The Bertz CT molecular complexity index is 1050. The van der Waals surface area contributed by atoms with E-state index in [4.69, 9.17) is 0 Å². The van der Waals surface area contributed by atoms with Crippen molar-refractivity contribution in [1.82, 2.24) is 4.90 Å². The quantitative estimate of drug-likeness (QED) is 0.561. The summed E-state index contributed by atoms with van der Waals surface area (Å²) in [5.74, 6) is -0.423. The second kappa shape index (κ2) is 9.02. The fourth-order valence-corrected chi connectivity index (χ4v) is 5.09. The lowest BCUT2D eigenvalue weighted by Gasteiger charge is -2.36. The van der Waals surface area contributed by atoms with Gasteiger partial charge in [0.25, 0.3) is 5.91 Å². The zero-order valence-electron chi connectivity index (χ0n) is 17.6. The van der Waals surface area contributed by atoms with E-state index in [-0.39, 0.29) is 24.4 Å². The predicted octanol–water partition coefficient (Wildman–Crippen LogP) is 5.59. The van der Waals surface area contributed by atoms with Gasteiger partial charge in [-0.25, -0.2) is 0 Å². The Morgan fingerprint density at radius 3 is 2.53 bits per heavy atom. The maximum atomic E-state index is 13.3. The van der Waals surface area contributed by atoms with Crippen LogP contribution >= 0.6 is 11.8 Å². The number of hydrogen-bond acceptors (Lipinski definition) is 3. The number of piperidine rings is 1.